The molecule has 1 saturated carbocycles. The van der Waals surface area contributed by atoms with Gasteiger partial charge in [0.25, 0.3) is 0 Å². The fraction of sp³-hybridized carbons (Fsp3) is 0.917. The van der Waals surface area contributed by atoms with Gasteiger partial charge in [-0.2, -0.15) is 0 Å². The predicted molar refractivity (Wildman–Crippen MR) is 62.2 cm³/mol. The van der Waals surface area contributed by atoms with Crippen LogP contribution in [0.15, 0.2) is 0 Å². The Morgan fingerprint density at radius 3 is 2.69 bits per heavy atom. The second-order valence-electron chi connectivity index (χ2n) is 4.66. The highest BCUT2D eigenvalue weighted by molar-refractivity contribution is 5.75. The van der Waals surface area contributed by atoms with Crippen LogP contribution in [0.1, 0.15) is 44.9 Å². The molecule has 0 aromatic carbocycles. The average molecular weight is 229 g/mol. The Kier molecular flexibility index (Phi) is 5.77. The van der Waals surface area contributed by atoms with E-state index in [1.807, 2.05) is 0 Å². The minimum atomic E-state index is -0.658. The summed E-state index contributed by atoms with van der Waals surface area (Å²) in [5.41, 5.74) is -0.658. The van der Waals surface area contributed by atoms with Crippen LogP contribution in [0.2, 0.25) is 0 Å². The molecule has 1 aliphatic rings. The summed E-state index contributed by atoms with van der Waals surface area (Å²) in [7, 11) is 1.63. The topological polar surface area (TPSA) is 58.6 Å². The van der Waals surface area contributed by atoms with Gasteiger partial charge >= 0.3 is 0 Å². The van der Waals surface area contributed by atoms with Crippen LogP contribution in [0.25, 0.3) is 0 Å². The number of rotatable bonds is 6. The number of hydrogen-bond donors (Lipinski definition) is 2. The van der Waals surface area contributed by atoms with Crippen LogP contribution in [-0.4, -0.2) is 36.9 Å². The summed E-state index contributed by atoms with van der Waals surface area (Å²) in [6.45, 7) is 1.01. The van der Waals surface area contributed by atoms with Crippen molar-refractivity contribution in [3.8, 4) is 0 Å². The molecule has 0 bridgehead atoms. The van der Waals surface area contributed by atoms with Crippen molar-refractivity contribution in [1.82, 2.24) is 5.32 Å². The third-order valence-electron chi connectivity index (χ3n) is 3.15. The maximum atomic E-state index is 11.4. The first-order chi connectivity index (χ1) is 7.66. The van der Waals surface area contributed by atoms with E-state index in [2.05, 4.69) is 5.32 Å². The third-order valence-corrected chi connectivity index (χ3v) is 3.15. The molecular weight excluding hydrogens is 206 g/mol. The predicted octanol–water partition coefficient (Wildman–Crippen LogP) is 1.22. The Hall–Kier alpha value is -0.610. The van der Waals surface area contributed by atoms with Crippen LogP contribution in [0.4, 0.5) is 0 Å². The number of aliphatic hydroxyl groups is 1. The summed E-state index contributed by atoms with van der Waals surface area (Å²) in [5, 5.41) is 13.0. The Morgan fingerprint density at radius 2 is 2.06 bits per heavy atom. The molecule has 0 saturated heterocycles. The van der Waals surface area contributed by atoms with Crippen LogP contribution in [0.3, 0.4) is 0 Å². The van der Waals surface area contributed by atoms with Gasteiger partial charge in [0.15, 0.2) is 0 Å². The van der Waals surface area contributed by atoms with Crippen molar-refractivity contribution in [2.75, 3.05) is 20.3 Å². The summed E-state index contributed by atoms with van der Waals surface area (Å²) in [5.74, 6) is 0.0102. The Labute approximate surface area is 97.4 Å². The van der Waals surface area contributed by atoms with E-state index in [4.69, 9.17) is 4.74 Å². The van der Waals surface area contributed by atoms with E-state index in [0.29, 0.717) is 19.6 Å². The van der Waals surface area contributed by atoms with E-state index < -0.39 is 5.60 Å². The van der Waals surface area contributed by atoms with E-state index in [1.165, 1.54) is 6.42 Å². The minimum absolute atomic E-state index is 0.0102. The van der Waals surface area contributed by atoms with Gasteiger partial charge in [-0.1, -0.05) is 19.3 Å². The van der Waals surface area contributed by atoms with E-state index in [1.54, 1.807) is 7.11 Å². The Balaban J connectivity index is 2.14. The minimum Gasteiger partial charge on any atom is -0.388 e. The molecule has 0 radical (unpaired) electrons. The van der Waals surface area contributed by atoms with Gasteiger partial charge in [0, 0.05) is 26.7 Å². The molecule has 0 heterocycles. The first-order valence-electron chi connectivity index (χ1n) is 6.14. The van der Waals surface area contributed by atoms with Gasteiger partial charge in [-0.05, 0) is 19.3 Å². The van der Waals surface area contributed by atoms with Crippen molar-refractivity contribution >= 4 is 5.91 Å². The zero-order chi connectivity index (χ0) is 11.9. The van der Waals surface area contributed by atoms with E-state index in [0.717, 1.165) is 32.1 Å². The molecule has 0 atom stereocenters. The fourth-order valence-corrected chi connectivity index (χ4v) is 2.12. The second-order valence-corrected chi connectivity index (χ2v) is 4.66. The number of amides is 1. The highest BCUT2D eigenvalue weighted by atomic mass is 16.5. The molecule has 1 aliphatic carbocycles. The summed E-state index contributed by atoms with van der Waals surface area (Å²) in [4.78, 5) is 11.4. The van der Waals surface area contributed by atoms with Gasteiger partial charge in [0.2, 0.25) is 5.91 Å². The molecular formula is C12H23NO3. The van der Waals surface area contributed by atoms with E-state index in [9.17, 15) is 9.90 Å². The molecule has 0 aromatic rings. The smallest absolute Gasteiger partial charge is 0.220 e. The summed E-state index contributed by atoms with van der Waals surface area (Å²) < 4.78 is 4.88. The molecule has 16 heavy (non-hydrogen) atoms. The zero-order valence-corrected chi connectivity index (χ0v) is 10.1. The highest BCUT2D eigenvalue weighted by Crippen LogP contribution is 2.27. The highest BCUT2D eigenvalue weighted by Gasteiger charge is 2.29. The van der Waals surface area contributed by atoms with E-state index >= 15 is 0 Å². The van der Waals surface area contributed by atoms with Crippen molar-refractivity contribution < 1.29 is 14.6 Å². The van der Waals surface area contributed by atoms with Crippen LogP contribution in [-0.2, 0) is 9.53 Å². The number of carbonyl (C=O) groups excluding carboxylic acids is 1. The molecule has 1 rings (SSSR count). The van der Waals surface area contributed by atoms with Crippen molar-refractivity contribution in [2.45, 2.75) is 50.5 Å². The molecule has 0 aliphatic heterocycles. The molecule has 2 N–H and O–H groups in total. The molecule has 0 spiro atoms. The van der Waals surface area contributed by atoms with Gasteiger partial charge in [0.1, 0.15) is 0 Å². The van der Waals surface area contributed by atoms with Gasteiger partial charge in [0.05, 0.1) is 5.60 Å². The monoisotopic (exact) mass is 229 g/mol. The summed E-state index contributed by atoms with van der Waals surface area (Å²) in [6, 6.07) is 0. The Bertz CT molecular complexity index is 212. The fourth-order valence-electron chi connectivity index (χ4n) is 2.12. The molecule has 94 valence electrons. The van der Waals surface area contributed by atoms with Crippen molar-refractivity contribution in [3.05, 3.63) is 0 Å². The lowest BCUT2D eigenvalue weighted by atomic mass is 9.85. The lowest BCUT2D eigenvalue weighted by Gasteiger charge is -2.32. The number of ether oxygens (including phenoxy) is 1. The lowest BCUT2D eigenvalue weighted by Crippen LogP contribution is -2.44. The standard InChI is InChI=1S/C12H23NO3/c1-16-9-5-6-11(14)13-10-12(15)7-3-2-4-8-12/h15H,2-10H2,1H3,(H,13,14). The lowest BCUT2D eigenvalue weighted by molar-refractivity contribution is -0.123. The van der Waals surface area contributed by atoms with Crippen molar-refractivity contribution in [1.29, 1.82) is 0 Å². The first kappa shape index (κ1) is 13.5. The van der Waals surface area contributed by atoms with E-state index in [-0.39, 0.29) is 5.91 Å². The maximum absolute atomic E-state index is 11.4. The summed E-state index contributed by atoms with van der Waals surface area (Å²) in [6.07, 6.45) is 6.16. The molecule has 0 unspecified atom stereocenters. The zero-order valence-electron chi connectivity index (χ0n) is 10.1. The van der Waals surface area contributed by atoms with Crippen molar-refractivity contribution in [3.63, 3.8) is 0 Å². The normalized spacial score (nSPS) is 19.4. The largest absolute Gasteiger partial charge is 0.388 e. The van der Waals surface area contributed by atoms with Crippen LogP contribution < -0.4 is 5.32 Å². The number of nitrogens with one attached hydrogen (secondary N) is 1. The number of hydrogen-bond acceptors (Lipinski definition) is 3. The van der Waals surface area contributed by atoms with Gasteiger partial charge < -0.3 is 15.2 Å². The van der Waals surface area contributed by atoms with Gasteiger partial charge in [-0.3, -0.25) is 4.79 Å². The first-order valence-corrected chi connectivity index (χ1v) is 6.14. The molecule has 1 fully saturated rings. The van der Waals surface area contributed by atoms with Gasteiger partial charge in [-0.15, -0.1) is 0 Å². The maximum Gasteiger partial charge on any atom is 0.220 e. The van der Waals surface area contributed by atoms with Gasteiger partial charge in [-0.25, -0.2) is 0 Å². The molecule has 0 aromatic heterocycles. The second kappa shape index (κ2) is 6.86. The molecule has 1 amide bonds. The Morgan fingerprint density at radius 1 is 1.38 bits per heavy atom. The van der Waals surface area contributed by atoms with Crippen LogP contribution in [0, 0.1) is 0 Å². The van der Waals surface area contributed by atoms with Crippen LogP contribution in [0.5, 0.6) is 0 Å². The SMILES string of the molecule is COCCCC(=O)NCC1(O)CCCCC1. The quantitative estimate of drug-likeness (QED) is 0.673. The summed E-state index contributed by atoms with van der Waals surface area (Å²) >= 11 is 0. The number of carbonyl (C=O) groups is 1. The molecule has 4 heteroatoms. The van der Waals surface area contributed by atoms with Crippen LogP contribution >= 0.6 is 0 Å². The van der Waals surface area contributed by atoms with Crippen molar-refractivity contribution in [2.24, 2.45) is 0 Å². The average Bonchev–Trinajstić information content (AvgIpc) is 2.28. The molecule has 4 nitrogen and oxygen atoms in total. The number of methoxy groups -OCH3 is 1. The third kappa shape index (κ3) is 4.94.